The van der Waals surface area contributed by atoms with E-state index >= 15 is 0 Å². The average Bonchev–Trinajstić information content (AvgIpc) is 2.66. The number of methoxy groups -OCH3 is 1. The first-order valence-corrected chi connectivity index (χ1v) is 8.69. The van der Waals surface area contributed by atoms with E-state index in [4.69, 9.17) is 26.4 Å². The second kappa shape index (κ2) is 10.9. The van der Waals surface area contributed by atoms with E-state index in [1.807, 2.05) is 55.5 Å². The van der Waals surface area contributed by atoms with Crippen LogP contribution in [0.2, 0.25) is 0 Å². The lowest BCUT2D eigenvalue weighted by Crippen LogP contribution is -2.31. The Kier molecular flexibility index (Phi) is 8.21. The number of ether oxygens (including phenoxy) is 3. The normalized spacial score (nSPS) is 10.4. The van der Waals surface area contributed by atoms with Crippen molar-refractivity contribution in [2.75, 3.05) is 26.9 Å². The van der Waals surface area contributed by atoms with Crippen LogP contribution in [0.4, 0.5) is 0 Å². The van der Waals surface area contributed by atoms with Crippen LogP contribution in [0.25, 0.3) is 0 Å². The molecule has 0 aromatic heterocycles. The van der Waals surface area contributed by atoms with Crippen molar-refractivity contribution in [3.63, 3.8) is 0 Å². The Labute approximate surface area is 159 Å². The van der Waals surface area contributed by atoms with E-state index in [2.05, 4.69) is 15.8 Å². The maximum absolute atomic E-state index is 5.72. The molecular formula is C19H23N3O3S. The highest BCUT2D eigenvalue weighted by atomic mass is 32.1. The van der Waals surface area contributed by atoms with Gasteiger partial charge in [0.1, 0.15) is 19.0 Å². The third kappa shape index (κ3) is 6.60. The van der Waals surface area contributed by atoms with Crippen LogP contribution < -0.4 is 25.0 Å². The van der Waals surface area contributed by atoms with Gasteiger partial charge in [-0.3, -0.25) is 5.43 Å². The summed E-state index contributed by atoms with van der Waals surface area (Å²) in [7, 11) is 1.62. The quantitative estimate of drug-likeness (QED) is 0.305. The van der Waals surface area contributed by atoms with Crippen LogP contribution in [-0.2, 0) is 0 Å². The van der Waals surface area contributed by atoms with Crippen LogP contribution in [0, 0.1) is 0 Å². The molecule has 0 amide bonds. The minimum Gasteiger partial charge on any atom is -0.493 e. The molecule has 0 radical (unpaired) electrons. The molecule has 0 bridgehead atoms. The van der Waals surface area contributed by atoms with E-state index in [-0.39, 0.29) is 0 Å². The molecule has 0 unspecified atom stereocenters. The summed E-state index contributed by atoms with van der Waals surface area (Å²) >= 11 is 5.04. The van der Waals surface area contributed by atoms with Crippen LogP contribution in [-0.4, -0.2) is 38.2 Å². The Bertz CT molecular complexity index is 737. The molecule has 2 aromatic carbocycles. The van der Waals surface area contributed by atoms with E-state index in [0.29, 0.717) is 29.8 Å². The van der Waals surface area contributed by atoms with Gasteiger partial charge in [0.25, 0.3) is 0 Å². The smallest absolute Gasteiger partial charge is 0.186 e. The molecule has 138 valence electrons. The first-order valence-electron chi connectivity index (χ1n) is 8.28. The van der Waals surface area contributed by atoms with Crippen molar-refractivity contribution >= 4 is 23.5 Å². The number of rotatable bonds is 9. The summed E-state index contributed by atoms with van der Waals surface area (Å²) in [6, 6.07) is 15.1. The van der Waals surface area contributed by atoms with Crippen LogP contribution in [0.3, 0.4) is 0 Å². The molecule has 0 saturated carbocycles. The second-order valence-corrected chi connectivity index (χ2v) is 5.56. The second-order valence-electron chi connectivity index (χ2n) is 5.15. The summed E-state index contributed by atoms with van der Waals surface area (Å²) < 4.78 is 16.7. The molecule has 0 aliphatic rings. The summed E-state index contributed by atoms with van der Waals surface area (Å²) in [6.07, 6.45) is 1.68. The van der Waals surface area contributed by atoms with Gasteiger partial charge in [-0.1, -0.05) is 24.3 Å². The number of nitrogens with zero attached hydrogens (tertiary/aromatic N) is 1. The van der Waals surface area contributed by atoms with Crippen molar-refractivity contribution in [1.82, 2.24) is 10.7 Å². The van der Waals surface area contributed by atoms with Gasteiger partial charge in [-0.25, -0.2) is 0 Å². The minimum atomic E-state index is 0.414. The molecular weight excluding hydrogens is 350 g/mol. The predicted octanol–water partition coefficient (Wildman–Crippen LogP) is 2.97. The molecule has 0 heterocycles. The monoisotopic (exact) mass is 373 g/mol. The van der Waals surface area contributed by atoms with Crippen molar-refractivity contribution in [3.8, 4) is 17.2 Å². The fourth-order valence-electron chi connectivity index (χ4n) is 2.10. The van der Waals surface area contributed by atoms with Gasteiger partial charge in [-0.05, 0) is 49.0 Å². The lowest BCUT2D eigenvalue weighted by Gasteiger charge is -2.11. The van der Waals surface area contributed by atoms with Crippen molar-refractivity contribution in [3.05, 3.63) is 54.1 Å². The third-order valence-corrected chi connectivity index (χ3v) is 3.49. The van der Waals surface area contributed by atoms with E-state index < -0.39 is 0 Å². The molecule has 2 aromatic rings. The van der Waals surface area contributed by atoms with Crippen molar-refractivity contribution in [2.45, 2.75) is 6.92 Å². The zero-order valence-corrected chi connectivity index (χ0v) is 15.7. The van der Waals surface area contributed by atoms with Crippen molar-refractivity contribution in [2.24, 2.45) is 5.10 Å². The van der Waals surface area contributed by atoms with Gasteiger partial charge in [0.15, 0.2) is 16.6 Å². The molecule has 7 heteroatoms. The van der Waals surface area contributed by atoms with Gasteiger partial charge in [-0.15, -0.1) is 0 Å². The fraction of sp³-hybridized carbons (Fsp3) is 0.263. The lowest BCUT2D eigenvalue weighted by molar-refractivity contribution is 0.211. The Morgan fingerprint density at radius 1 is 1.08 bits per heavy atom. The topological polar surface area (TPSA) is 64.1 Å². The molecule has 2 N–H and O–H groups in total. The Hall–Kier alpha value is -2.80. The standard InChI is InChI=1S/C19H23N3O3S/c1-3-20-19(26)22-21-14-15-7-6-8-16(13-15)24-11-12-25-18-10-5-4-9-17(18)23-2/h4-10,13-14H,3,11-12H2,1-2H3,(H2,20,22,26)/b21-14-. The van der Waals surface area contributed by atoms with Crippen LogP contribution in [0.1, 0.15) is 12.5 Å². The van der Waals surface area contributed by atoms with Gasteiger partial charge in [0.05, 0.1) is 13.3 Å². The molecule has 0 atom stereocenters. The Morgan fingerprint density at radius 2 is 1.85 bits per heavy atom. The van der Waals surface area contributed by atoms with E-state index in [1.165, 1.54) is 0 Å². The van der Waals surface area contributed by atoms with Gasteiger partial charge < -0.3 is 19.5 Å². The average molecular weight is 373 g/mol. The first kappa shape index (κ1) is 19.5. The van der Waals surface area contributed by atoms with Crippen molar-refractivity contribution < 1.29 is 14.2 Å². The van der Waals surface area contributed by atoms with E-state index in [9.17, 15) is 0 Å². The Balaban J connectivity index is 1.79. The van der Waals surface area contributed by atoms with E-state index in [0.717, 1.165) is 17.9 Å². The summed E-state index contributed by atoms with van der Waals surface area (Å²) in [6.45, 7) is 3.55. The zero-order valence-electron chi connectivity index (χ0n) is 14.9. The predicted molar refractivity (Wildman–Crippen MR) is 107 cm³/mol. The lowest BCUT2D eigenvalue weighted by atomic mass is 10.2. The highest BCUT2D eigenvalue weighted by Gasteiger charge is 2.02. The molecule has 0 spiro atoms. The summed E-state index contributed by atoms with van der Waals surface area (Å²) in [5.74, 6) is 2.14. The molecule has 2 rings (SSSR count). The molecule has 0 aliphatic heterocycles. The third-order valence-electron chi connectivity index (χ3n) is 3.25. The summed E-state index contributed by atoms with van der Waals surface area (Å²) in [5, 5.41) is 7.53. The highest BCUT2D eigenvalue weighted by Crippen LogP contribution is 2.25. The van der Waals surface area contributed by atoms with Gasteiger partial charge in [-0.2, -0.15) is 5.10 Å². The minimum absolute atomic E-state index is 0.414. The molecule has 0 fully saturated rings. The maximum atomic E-state index is 5.72. The van der Waals surface area contributed by atoms with Gasteiger partial charge in [0, 0.05) is 6.54 Å². The number of hydrogen-bond acceptors (Lipinski definition) is 5. The largest absolute Gasteiger partial charge is 0.493 e. The zero-order chi connectivity index (χ0) is 18.6. The van der Waals surface area contributed by atoms with Crippen LogP contribution in [0.15, 0.2) is 53.6 Å². The molecule has 0 aliphatic carbocycles. The maximum Gasteiger partial charge on any atom is 0.186 e. The molecule has 6 nitrogen and oxygen atoms in total. The number of para-hydroxylation sites is 2. The summed E-state index contributed by atoms with van der Waals surface area (Å²) in [5.41, 5.74) is 3.65. The van der Waals surface area contributed by atoms with Crippen LogP contribution >= 0.6 is 12.2 Å². The summed E-state index contributed by atoms with van der Waals surface area (Å²) in [4.78, 5) is 0. The number of thiocarbonyl (C=S) groups is 1. The number of nitrogens with one attached hydrogen (secondary N) is 2. The molecule has 0 saturated heterocycles. The van der Waals surface area contributed by atoms with Gasteiger partial charge >= 0.3 is 0 Å². The fourth-order valence-corrected chi connectivity index (χ4v) is 2.30. The van der Waals surface area contributed by atoms with Crippen LogP contribution in [0.5, 0.6) is 17.2 Å². The SMILES string of the molecule is CCNC(=S)N/N=C\c1cccc(OCCOc2ccccc2OC)c1. The van der Waals surface area contributed by atoms with Gasteiger partial charge in [0.2, 0.25) is 0 Å². The molecule has 26 heavy (non-hydrogen) atoms. The number of benzene rings is 2. The highest BCUT2D eigenvalue weighted by molar-refractivity contribution is 7.80. The Morgan fingerprint density at radius 3 is 2.62 bits per heavy atom. The van der Waals surface area contributed by atoms with Crippen molar-refractivity contribution in [1.29, 1.82) is 0 Å². The first-order chi connectivity index (χ1) is 12.7. The van der Waals surface area contributed by atoms with E-state index in [1.54, 1.807) is 13.3 Å². The number of hydrazone groups is 1. The number of hydrogen-bond donors (Lipinski definition) is 2.